The maximum atomic E-state index is 4.16. The summed E-state index contributed by atoms with van der Waals surface area (Å²) in [5, 5.41) is 10.7. The molecule has 114 valence electrons. The maximum absolute atomic E-state index is 4.16. The number of aromatic amines is 1. The monoisotopic (exact) mass is 304 g/mol. The van der Waals surface area contributed by atoms with E-state index in [9.17, 15) is 0 Å². The van der Waals surface area contributed by atoms with Crippen molar-refractivity contribution < 1.29 is 0 Å². The van der Waals surface area contributed by atoms with E-state index in [1.165, 1.54) is 37.0 Å². The van der Waals surface area contributed by atoms with Gasteiger partial charge < -0.3 is 5.32 Å². The van der Waals surface area contributed by atoms with Gasteiger partial charge in [-0.25, -0.2) is 0 Å². The first kappa shape index (κ1) is 16.0. The SMILES string of the molecule is CSCCCCCCNCc1cn[nH]c1-c1cccnc1. The first-order valence-corrected chi connectivity index (χ1v) is 8.93. The molecule has 0 aromatic carbocycles. The lowest BCUT2D eigenvalue weighted by Crippen LogP contribution is -2.14. The van der Waals surface area contributed by atoms with Crippen LogP contribution in [0.3, 0.4) is 0 Å². The summed E-state index contributed by atoms with van der Waals surface area (Å²) in [6, 6.07) is 4.00. The molecule has 0 unspecified atom stereocenters. The summed E-state index contributed by atoms with van der Waals surface area (Å²) in [7, 11) is 0. The Labute approximate surface area is 131 Å². The lowest BCUT2D eigenvalue weighted by Gasteiger charge is -2.05. The highest BCUT2D eigenvalue weighted by Crippen LogP contribution is 2.19. The Hall–Kier alpha value is -1.33. The zero-order valence-electron chi connectivity index (χ0n) is 12.6. The molecule has 0 amide bonds. The first-order valence-electron chi connectivity index (χ1n) is 7.54. The molecule has 0 saturated heterocycles. The Bertz CT molecular complexity index is 498. The molecule has 0 atom stereocenters. The van der Waals surface area contributed by atoms with E-state index in [2.05, 4.69) is 32.8 Å². The van der Waals surface area contributed by atoms with Crippen LogP contribution >= 0.6 is 11.8 Å². The predicted octanol–water partition coefficient (Wildman–Crippen LogP) is 3.48. The van der Waals surface area contributed by atoms with Gasteiger partial charge in [0.1, 0.15) is 0 Å². The molecule has 0 aliphatic carbocycles. The Morgan fingerprint density at radius 1 is 1.19 bits per heavy atom. The zero-order chi connectivity index (χ0) is 14.8. The highest BCUT2D eigenvalue weighted by Gasteiger charge is 2.06. The molecule has 0 fully saturated rings. The molecule has 21 heavy (non-hydrogen) atoms. The molecule has 0 aliphatic heterocycles. The van der Waals surface area contributed by atoms with Crippen LogP contribution in [0.15, 0.2) is 30.7 Å². The van der Waals surface area contributed by atoms with E-state index in [0.717, 1.165) is 24.3 Å². The Morgan fingerprint density at radius 2 is 2.10 bits per heavy atom. The number of unbranched alkanes of at least 4 members (excludes halogenated alkanes) is 3. The van der Waals surface area contributed by atoms with E-state index in [4.69, 9.17) is 0 Å². The Morgan fingerprint density at radius 3 is 2.90 bits per heavy atom. The van der Waals surface area contributed by atoms with E-state index >= 15 is 0 Å². The smallest absolute Gasteiger partial charge is 0.0710 e. The summed E-state index contributed by atoms with van der Waals surface area (Å²) < 4.78 is 0. The fourth-order valence-electron chi connectivity index (χ4n) is 2.28. The van der Waals surface area contributed by atoms with Crippen LogP contribution in [-0.2, 0) is 6.54 Å². The molecule has 0 spiro atoms. The zero-order valence-corrected chi connectivity index (χ0v) is 13.5. The second-order valence-corrected chi connectivity index (χ2v) is 6.08. The van der Waals surface area contributed by atoms with Crippen molar-refractivity contribution in [1.29, 1.82) is 0 Å². The van der Waals surface area contributed by atoms with Crippen LogP contribution in [0.1, 0.15) is 31.2 Å². The van der Waals surface area contributed by atoms with Crippen molar-refractivity contribution in [2.75, 3.05) is 18.6 Å². The Kier molecular flexibility index (Phi) is 7.32. The third-order valence-electron chi connectivity index (χ3n) is 3.44. The van der Waals surface area contributed by atoms with Crippen LogP contribution in [-0.4, -0.2) is 33.7 Å². The third kappa shape index (κ3) is 5.52. The molecule has 2 heterocycles. The van der Waals surface area contributed by atoms with Gasteiger partial charge in [0.15, 0.2) is 0 Å². The lowest BCUT2D eigenvalue weighted by molar-refractivity contribution is 0.600. The summed E-state index contributed by atoms with van der Waals surface area (Å²) in [6.45, 7) is 1.92. The van der Waals surface area contributed by atoms with E-state index in [1.807, 2.05) is 30.2 Å². The fraction of sp³-hybridized carbons (Fsp3) is 0.500. The maximum Gasteiger partial charge on any atom is 0.0710 e. The highest BCUT2D eigenvalue weighted by molar-refractivity contribution is 7.98. The quantitative estimate of drug-likeness (QED) is 0.660. The average molecular weight is 304 g/mol. The summed E-state index contributed by atoms with van der Waals surface area (Å²) in [6.07, 6.45) is 13.0. The van der Waals surface area contributed by atoms with Gasteiger partial charge in [-0.3, -0.25) is 10.1 Å². The number of nitrogens with zero attached hydrogens (tertiary/aromatic N) is 2. The molecule has 0 bridgehead atoms. The van der Waals surface area contributed by atoms with Crippen molar-refractivity contribution in [2.45, 2.75) is 32.2 Å². The Balaban J connectivity index is 1.69. The van der Waals surface area contributed by atoms with Gasteiger partial charge in [0.05, 0.1) is 11.9 Å². The van der Waals surface area contributed by atoms with Crippen molar-refractivity contribution >= 4 is 11.8 Å². The van der Waals surface area contributed by atoms with Crippen molar-refractivity contribution in [2.24, 2.45) is 0 Å². The van der Waals surface area contributed by atoms with Crippen LogP contribution in [0.25, 0.3) is 11.3 Å². The molecule has 5 heteroatoms. The molecular weight excluding hydrogens is 280 g/mol. The number of aromatic nitrogens is 3. The number of pyridine rings is 1. The van der Waals surface area contributed by atoms with Gasteiger partial charge in [0, 0.05) is 30.1 Å². The molecule has 2 aromatic rings. The van der Waals surface area contributed by atoms with Crippen molar-refractivity contribution in [3.05, 3.63) is 36.3 Å². The molecular formula is C16H24N4S. The predicted molar refractivity (Wildman–Crippen MR) is 90.4 cm³/mol. The van der Waals surface area contributed by atoms with Gasteiger partial charge in [-0.2, -0.15) is 16.9 Å². The molecule has 0 saturated carbocycles. The summed E-state index contributed by atoms with van der Waals surface area (Å²) in [4.78, 5) is 4.16. The number of hydrogen-bond acceptors (Lipinski definition) is 4. The van der Waals surface area contributed by atoms with E-state index in [-0.39, 0.29) is 0 Å². The van der Waals surface area contributed by atoms with Gasteiger partial charge in [0.2, 0.25) is 0 Å². The van der Waals surface area contributed by atoms with Crippen LogP contribution < -0.4 is 5.32 Å². The largest absolute Gasteiger partial charge is 0.313 e. The number of H-pyrrole nitrogens is 1. The number of nitrogens with one attached hydrogen (secondary N) is 2. The molecule has 0 aliphatic rings. The standard InChI is InChI=1S/C16H24N4S/c1-21-10-5-3-2-4-8-17-12-15-13-19-20-16(15)14-7-6-9-18-11-14/h6-7,9,11,13,17H,2-5,8,10,12H2,1H3,(H,19,20). The number of thioether (sulfide) groups is 1. The van der Waals surface area contributed by atoms with Crippen LogP contribution in [0.5, 0.6) is 0 Å². The minimum atomic E-state index is 0.853. The summed E-state index contributed by atoms with van der Waals surface area (Å²) in [5.74, 6) is 1.29. The van der Waals surface area contributed by atoms with Crippen LogP contribution in [0.4, 0.5) is 0 Å². The molecule has 2 N–H and O–H groups in total. The minimum Gasteiger partial charge on any atom is -0.313 e. The first-order chi connectivity index (χ1) is 10.4. The van der Waals surface area contributed by atoms with E-state index < -0.39 is 0 Å². The summed E-state index contributed by atoms with van der Waals surface area (Å²) in [5.41, 5.74) is 3.35. The van der Waals surface area contributed by atoms with E-state index in [0.29, 0.717) is 0 Å². The number of hydrogen-bond donors (Lipinski definition) is 2. The van der Waals surface area contributed by atoms with Crippen molar-refractivity contribution in [3.63, 3.8) is 0 Å². The lowest BCUT2D eigenvalue weighted by atomic mass is 10.1. The second kappa shape index (κ2) is 9.58. The highest BCUT2D eigenvalue weighted by atomic mass is 32.2. The number of rotatable bonds is 10. The normalized spacial score (nSPS) is 10.9. The molecule has 2 rings (SSSR count). The fourth-order valence-corrected chi connectivity index (χ4v) is 2.77. The van der Waals surface area contributed by atoms with Gasteiger partial charge in [0.25, 0.3) is 0 Å². The van der Waals surface area contributed by atoms with Gasteiger partial charge in [-0.05, 0) is 43.5 Å². The third-order valence-corrected chi connectivity index (χ3v) is 4.13. The second-order valence-electron chi connectivity index (χ2n) is 5.10. The topological polar surface area (TPSA) is 53.6 Å². The summed E-state index contributed by atoms with van der Waals surface area (Å²) >= 11 is 1.94. The average Bonchev–Trinajstić information content (AvgIpc) is 2.99. The molecule has 0 radical (unpaired) electrons. The van der Waals surface area contributed by atoms with Crippen molar-refractivity contribution in [1.82, 2.24) is 20.5 Å². The van der Waals surface area contributed by atoms with Gasteiger partial charge >= 0.3 is 0 Å². The van der Waals surface area contributed by atoms with Crippen molar-refractivity contribution in [3.8, 4) is 11.3 Å². The van der Waals surface area contributed by atoms with Crippen LogP contribution in [0, 0.1) is 0 Å². The van der Waals surface area contributed by atoms with Crippen LogP contribution in [0.2, 0.25) is 0 Å². The minimum absolute atomic E-state index is 0.853. The molecule has 2 aromatic heterocycles. The molecule has 4 nitrogen and oxygen atoms in total. The van der Waals surface area contributed by atoms with Gasteiger partial charge in [-0.15, -0.1) is 0 Å². The van der Waals surface area contributed by atoms with E-state index in [1.54, 1.807) is 6.20 Å². The van der Waals surface area contributed by atoms with Gasteiger partial charge in [-0.1, -0.05) is 12.8 Å².